The average molecular weight is 472 g/mol. The minimum atomic E-state index is -4.34. The van der Waals surface area contributed by atoms with Crippen molar-refractivity contribution in [2.75, 3.05) is 13.1 Å². The van der Waals surface area contributed by atoms with Gasteiger partial charge in [0.05, 0.1) is 11.6 Å². The summed E-state index contributed by atoms with van der Waals surface area (Å²) in [5.74, 6) is 0.562. The zero-order chi connectivity index (χ0) is 23.5. The smallest absolute Gasteiger partial charge is 0.340 e. The van der Waals surface area contributed by atoms with E-state index in [1.165, 1.54) is 24.1 Å². The van der Waals surface area contributed by atoms with Gasteiger partial charge in [0.1, 0.15) is 0 Å². The van der Waals surface area contributed by atoms with Gasteiger partial charge in [-0.1, -0.05) is 33.8 Å². The third kappa shape index (κ3) is 7.12. The maximum Gasteiger partial charge on any atom is 0.416 e. The number of amides is 1. The molecule has 1 aliphatic heterocycles. The molecule has 1 saturated heterocycles. The van der Waals surface area contributed by atoms with E-state index in [0.717, 1.165) is 44.7 Å². The Hall–Kier alpha value is -1.25. The summed E-state index contributed by atoms with van der Waals surface area (Å²) in [6.07, 6.45) is 0.438. The summed E-state index contributed by atoms with van der Waals surface area (Å²) in [5.41, 5.74) is -0.616. The van der Waals surface area contributed by atoms with Gasteiger partial charge in [-0.25, -0.2) is 4.31 Å². The van der Waals surface area contributed by atoms with E-state index in [1.54, 1.807) is 6.07 Å². The van der Waals surface area contributed by atoms with Gasteiger partial charge in [0.15, 0.2) is 0 Å². The van der Waals surface area contributed by atoms with E-state index in [-0.39, 0.29) is 24.0 Å². The van der Waals surface area contributed by atoms with Gasteiger partial charge in [-0.2, -0.15) is 13.2 Å². The van der Waals surface area contributed by atoms with Crippen LogP contribution in [0, 0.1) is 5.92 Å². The summed E-state index contributed by atoms with van der Waals surface area (Å²) >= 11 is 1.42. The third-order valence-corrected chi connectivity index (χ3v) is 7.16. The van der Waals surface area contributed by atoms with E-state index in [4.69, 9.17) is 0 Å². The molecule has 0 bridgehead atoms. The Morgan fingerprint density at radius 2 is 1.91 bits per heavy atom. The molecule has 1 aromatic rings. The highest BCUT2D eigenvalue weighted by Crippen LogP contribution is 2.41. The molecule has 1 N–H and O–H groups in total. The van der Waals surface area contributed by atoms with E-state index >= 15 is 0 Å². The van der Waals surface area contributed by atoms with Crippen molar-refractivity contribution < 1.29 is 18.0 Å². The van der Waals surface area contributed by atoms with Crippen molar-refractivity contribution >= 4 is 17.9 Å². The zero-order valence-corrected chi connectivity index (χ0v) is 20.3. The standard InChI is InChI=1S/C24H36F3N3OS/c1-16(2)13-22(28-17(3)4)23(31)29-12-6-8-20(15-29)30(19-10-11-19)32-21-9-5-7-18(14-21)24(25,26)27/h5,7,9,14,16-17,19-20,22,28H,6,8,10-13,15H2,1-4H3. The molecular weight excluding hydrogens is 435 g/mol. The first-order valence-corrected chi connectivity index (χ1v) is 12.5. The molecule has 1 saturated carbocycles. The lowest BCUT2D eigenvalue weighted by Crippen LogP contribution is -2.54. The molecule has 4 nitrogen and oxygen atoms in total. The molecule has 1 amide bonds. The van der Waals surface area contributed by atoms with E-state index in [9.17, 15) is 18.0 Å². The highest BCUT2D eigenvalue weighted by atomic mass is 32.2. The van der Waals surface area contributed by atoms with E-state index in [0.29, 0.717) is 23.4 Å². The molecular formula is C24H36F3N3OS. The Bertz CT molecular complexity index is 757. The van der Waals surface area contributed by atoms with Gasteiger partial charge in [-0.3, -0.25) is 4.79 Å². The van der Waals surface area contributed by atoms with E-state index in [2.05, 4.69) is 37.3 Å². The molecule has 0 spiro atoms. The second kappa shape index (κ2) is 10.8. The monoisotopic (exact) mass is 471 g/mol. The van der Waals surface area contributed by atoms with Gasteiger partial charge in [-0.05, 0) is 68.2 Å². The van der Waals surface area contributed by atoms with Crippen molar-refractivity contribution in [3.05, 3.63) is 29.8 Å². The van der Waals surface area contributed by atoms with Crippen LogP contribution < -0.4 is 5.32 Å². The largest absolute Gasteiger partial charge is 0.416 e. The maximum absolute atomic E-state index is 13.3. The lowest BCUT2D eigenvalue weighted by Gasteiger charge is -2.40. The number of carbonyl (C=O) groups excluding carboxylic acids is 1. The molecule has 8 heteroatoms. The summed E-state index contributed by atoms with van der Waals surface area (Å²) < 4.78 is 41.7. The Kier molecular flexibility index (Phi) is 8.55. The number of carbonyl (C=O) groups is 1. The number of rotatable bonds is 9. The molecule has 2 fully saturated rings. The van der Waals surface area contributed by atoms with Crippen LogP contribution in [0.15, 0.2) is 29.2 Å². The van der Waals surface area contributed by atoms with Gasteiger partial charge in [0.25, 0.3) is 0 Å². The fraction of sp³-hybridized carbons (Fsp3) is 0.708. The van der Waals surface area contributed by atoms with Gasteiger partial charge >= 0.3 is 6.18 Å². The van der Waals surface area contributed by atoms with Crippen LogP contribution in [0.1, 0.15) is 65.4 Å². The Labute approximate surface area is 194 Å². The molecule has 180 valence electrons. The fourth-order valence-electron chi connectivity index (χ4n) is 4.32. The lowest BCUT2D eigenvalue weighted by atomic mass is 9.99. The molecule has 2 aliphatic rings. The van der Waals surface area contributed by atoms with Crippen LogP contribution in [0.3, 0.4) is 0 Å². The van der Waals surface area contributed by atoms with Gasteiger partial charge in [-0.15, -0.1) is 0 Å². The number of hydrogen-bond acceptors (Lipinski definition) is 4. The van der Waals surface area contributed by atoms with Gasteiger partial charge < -0.3 is 10.2 Å². The first kappa shape index (κ1) is 25.4. The third-order valence-electron chi connectivity index (χ3n) is 5.89. The first-order valence-electron chi connectivity index (χ1n) is 11.7. The molecule has 1 heterocycles. The predicted molar refractivity (Wildman–Crippen MR) is 123 cm³/mol. The topological polar surface area (TPSA) is 35.6 Å². The summed E-state index contributed by atoms with van der Waals surface area (Å²) in [5, 5.41) is 3.43. The predicted octanol–water partition coefficient (Wildman–Crippen LogP) is 5.58. The number of likely N-dealkylation sites (tertiary alicyclic amines) is 1. The van der Waals surface area contributed by atoms with Crippen LogP contribution in [0.2, 0.25) is 0 Å². The minimum absolute atomic E-state index is 0.150. The number of piperidine rings is 1. The molecule has 1 aromatic carbocycles. The van der Waals surface area contributed by atoms with Gasteiger partial charge in [0, 0.05) is 36.1 Å². The number of nitrogens with zero attached hydrogens (tertiary/aromatic N) is 2. The highest BCUT2D eigenvalue weighted by Gasteiger charge is 2.39. The SMILES string of the molecule is CC(C)CC(NC(C)C)C(=O)N1CCCC(N(Sc2cccc(C(F)(F)F)c2)C2CC2)C1. The molecule has 0 radical (unpaired) electrons. The van der Waals surface area contributed by atoms with Crippen molar-refractivity contribution in [3.8, 4) is 0 Å². The number of alkyl halides is 3. The average Bonchev–Trinajstić information content (AvgIpc) is 3.55. The van der Waals surface area contributed by atoms with Crippen LogP contribution in [0.5, 0.6) is 0 Å². The lowest BCUT2D eigenvalue weighted by molar-refractivity contribution is -0.138. The van der Waals surface area contributed by atoms with Crippen LogP contribution in [0.25, 0.3) is 0 Å². The Morgan fingerprint density at radius 3 is 2.50 bits per heavy atom. The molecule has 3 rings (SSSR count). The molecule has 2 unspecified atom stereocenters. The van der Waals surface area contributed by atoms with Crippen LogP contribution in [-0.4, -0.2) is 52.4 Å². The van der Waals surface area contributed by atoms with Crippen molar-refractivity contribution in [2.24, 2.45) is 5.92 Å². The van der Waals surface area contributed by atoms with Crippen molar-refractivity contribution in [3.63, 3.8) is 0 Å². The second-order valence-electron chi connectivity index (χ2n) is 9.79. The summed E-state index contributed by atoms with van der Waals surface area (Å²) in [4.78, 5) is 15.9. The number of hydrogen-bond donors (Lipinski definition) is 1. The molecule has 2 atom stereocenters. The van der Waals surface area contributed by atoms with Crippen molar-refractivity contribution in [1.82, 2.24) is 14.5 Å². The van der Waals surface area contributed by atoms with E-state index < -0.39 is 11.7 Å². The van der Waals surface area contributed by atoms with Crippen LogP contribution in [-0.2, 0) is 11.0 Å². The summed E-state index contributed by atoms with van der Waals surface area (Å²) in [7, 11) is 0. The molecule has 32 heavy (non-hydrogen) atoms. The maximum atomic E-state index is 13.3. The van der Waals surface area contributed by atoms with Crippen LogP contribution >= 0.6 is 11.9 Å². The normalized spacial score (nSPS) is 20.9. The van der Waals surface area contributed by atoms with Gasteiger partial charge in [0.2, 0.25) is 5.91 Å². The number of benzene rings is 1. The fourth-order valence-corrected chi connectivity index (χ4v) is 5.57. The molecule has 1 aliphatic carbocycles. The van der Waals surface area contributed by atoms with Crippen molar-refractivity contribution in [1.29, 1.82) is 0 Å². The summed E-state index contributed by atoms with van der Waals surface area (Å²) in [6.45, 7) is 9.75. The van der Waals surface area contributed by atoms with Crippen molar-refractivity contribution in [2.45, 2.75) is 95.0 Å². The quantitative estimate of drug-likeness (QED) is 0.477. The highest BCUT2D eigenvalue weighted by molar-refractivity contribution is 7.97. The Morgan fingerprint density at radius 1 is 1.19 bits per heavy atom. The van der Waals surface area contributed by atoms with E-state index in [1.807, 2.05) is 4.90 Å². The van der Waals surface area contributed by atoms with Crippen LogP contribution in [0.4, 0.5) is 13.2 Å². The minimum Gasteiger partial charge on any atom is -0.340 e. The molecule has 0 aromatic heterocycles. The Balaban J connectivity index is 1.71. The summed E-state index contributed by atoms with van der Waals surface area (Å²) in [6, 6.07) is 6.11. The second-order valence-corrected chi connectivity index (χ2v) is 10.9. The number of nitrogens with one attached hydrogen (secondary N) is 1. The first-order chi connectivity index (χ1) is 15.0. The zero-order valence-electron chi connectivity index (χ0n) is 19.5. The number of halogens is 3.